The summed E-state index contributed by atoms with van der Waals surface area (Å²) in [4.78, 5) is 29.1. The van der Waals surface area contributed by atoms with Crippen molar-refractivity contribution in [3.63, 3.8) is 0 Å². The lowest BCUT2D eigenvalue weighted by molar-refractivity contribution is -0.150. The summed E-state index contributed by atoms with van der Waals surface area (Å²) in [7, 11) is 0. The summed E-state index contributed by atoms with van der Waals surface area (Å²) in [6.07, 6.45) is 2.35. The van der Waals surface area contributed by atoms with Gasteiger partial charge < -0.3 is 15.0 Å². The number of carboxylic acid groups (broad SMARTS) is 1. The molecule has 1 amide bonds. The summed E-state index contributed by atoms with van der Waals surface area (Å²) in [5.41, 5.74) is 0.685. The zero-order valence-corrected chi connectivity index (χ0v) is 12.8. The minimum Gasteiger partial charge on any atom is -0.481 e. The van der Waals surface area contributed by atoms with Crippen molar-refractivity contribution in [3.05, 3.63) is 36.0 Å². The molecule has 1 aromatic carbocycles. The van der Waals surface area contributed by atoms with Crippen LogP contribution in [0.1, 0.15) is 30.6 Å². The Bertz CT molecular complexity index is 734. The number of nitrogens with one attached hydrogen (secondary N) is 1. The molecule has 1 fully saturated rings. The molecular formula is C17H20N2O3. The van der Waals surface area contributed by atoms with E-state index in [1.165, 1.54) is 0 Å². The van der Waals surface area contributed by atoms with E-state index in [2.05, 4.69) is 4.98 Å². The zero-order valence-electron chi connectivity index (χ0n) is 12.8. The number of H-pyrrole nitrogens is 1. The summed E-state index contributed by atoms with van der Waals surface area (Å²) >= 11 is 0. The first-order valence-corrected chi connectivity index (χ1v) is 7.54. The highest BCUT2D eigenvalue weighted by molar-refractivity contribution is 5.98. The third kappa shape index (κ3) is 2.17. The van der Waals surface area contributed by atoms with Gasteiger partial charge in [-0.25, -0.2) is 0 Å². The number of fused-ring (bicyclic) bond motifs is 1. The van der Waals surface area contributed by atoms with Crippen molar-refractivity contribution in [2.75, 3.05) is 13.1 Å². The molecule has 0 bridgehead atoms. The maximum Gasteiger partial charge on any atom is 0.311 e. The number of carbonyl (C=O) groups excluding carboxylic acids is 1. The van der Waals surface area contributed by atoms with Crippen LogP contribution in [0.4, 0.5) is 0 Å². The number of likely N-dealkylation sites (tertiary alicyclic amines) is 1. The summed E-state index contributed by atoms with van der Waals surface area (Å²) in [5, 5.41) is 10.6. The predicted octanol–water partition coefficient (Wildman–Crippen LogP) is 2.74. The molecule has 5 nitrogen and oxygen atoms in total. The molecule has 2 heterocycles. The second kappa shape index (κ2) is 5.16. The predicted molar refractivity (Wildman–Crippen MR) is 83.7 cm³/mol. The van der Waals surface area contributed by atoms with Crippen LogP contribution in [-0.2, 0) is 4.79 Å². The van der Waals surface area contributed by atoms with Crippen LogP contribution in [0.2, 0.25) is 0 Å². The number of nitrogens with zero attached hydrogens (tertiary/aromatic N) is 1. The van der Waals surface area contributed by atoms with Gasteiger partial charge in [0, 0.05) is 30.4 Å². The largest absolute Gasteiger partial charge is 0.481 e. The van der Waals surface area contributed by atoms with E-state index in [0.29, 0.717) is 18.5 Å². The maximum atomic E-state index is 12.7. The summed E-state index contributed by atoms with van der Waals surface area (Å²) in [5.74, 6) is -0.911. The molecule has 0 saturated carbocycles. The van der Waals surface area contributed by atoms with E-state index in [9.17, 15) is 14.7 Å². The van der Waals surface area contributed by atoms with Gasteiger partial charge in [0.25, 0.3) is 5.91 Å². The van der Waals surface area contributed by atoms with Crippen molar-refractivity contribution in [1.82, 2.24) is 9.88 Å². The Hall–Kier alpha value is -2.30. The molecule has 0 spiro atoms. The fraction of sp³-hybridized carbons (Fsp3) is 0.412. The lowest BCUT2D eigenvalue weighted by Crippen LogP contribution is -2.40. The van der Waals surface area contributed by atoms with Crippen LogP contribution in [0, 0.1) is 11.3 Å². The molecule has 1 aromatic heterocycles. The van der Waals surface area contributed by atoms with Crippen LogP contribution in [0.5, 0.6) is 0 Å². The molecule has 3 rings (SSSR count). The van der Waals surface area contributed by atoms with Crippen molar-refractivity contribution >= 4 is 22.8 Å². The van der Waals surface area contributed by atoms with Crippen LogP contribution in [0.3, 0.4) is 0 Å². The summed E-state index contributed by atoms with van der Waals surface area (Å²) in [6.45, 7) is 4.59. The Labute approximate surface area is 128 Å². The Balaban J connectivity index is 1.85. The second-order valence-corrected chi connectivity index (χ2v) is 6.37. The lowest BCUT2D eigenvalue weighted by Gasteiger charge is -2.28. The van der Waals surface area contributed by atoms with Crippen LogP contribution < -0.4 is 0 Å². The van der Waals surface area contributed by atoms with E-state index in [4.69, 9.17) is 0 Å². The van der Waals surface area contributed by atoms with E-state index >= 15 is 0 Å². The van der Waals surface area contributed by atoms with Crippen molar-refractivity contribution in [2.45, 2.75) is 20.3 Å². The van der Waals surface area contributed by atoms with Crippen molar-refractivity contribution in [1.29, 1.82) is 0 Å². The second-order valence-electron chi connectivity index (χ2n) is 6.37. The van der Waals surface area contributed by atoms with Crippen LogP contribution >= 0.6 is 0 Å². The van der Waals surface area contributed by atoms with Gasteiger partial charge in [-0.2, -0.15) is 0 Å². The average molecular weight is 300 g/mol. The first-order valence-electron chi connectivity index (χ1n) is 7.54. The monoisotopic (exact) mass is 300 g/mol. The number of carboxylic acids is 1. The number of aliphatic carboxylic acids is 1. The number of hydrogen-bond acceptors (Lipinski definition) is 2. The van der Waals surface area contributed by atoms with Gasteiger partial charge in [-0.15, -0.1) is 0 Å². The molecule has 0 aliphatic carbocycles. The quantitative estimate of drug-likeness (QED) is 0.915. The molecule has 2 aromatic rings. The first kappa shape index (κ1) is 14.6. The van der Waals surface area contributed by atoms with E-state index < -0.39 is 11.4 Å². The summed E-state index contributed by atoms with van der Waals surface area (Å²) in [6, 6.07) is 7.48. The highest BCUT2D eigenvalue weighted by Crippen LogP contribution is 2.38. The Morgan fingerprint density at radius 2 is 2.09 bits per heavy atom. The maximum absolute atomic E-state index is 12.7. The number of rotatable bonds is 3. The van der Waals surface area contributed by atoms with E-state index in [0.717, 1.165) is 10.9 Å². The number of aromatic amines is 1. The molecular weight excluding hydrogens is 280 g/mol. The molecule has 2 N–H and O–H groups in total. The molecule has 0 radical (unpaired) electrons. The molecule has 1 unspecified atom stereocenters. The van der Waals surface area contributed by atoms with Crippen molar-refractivity contribution in [3.8, 4) is 0 Å². The third-order valence-corrected chi connectivity index (χ3v) is 4.92. The van der Waals surface area contributed by atoms with Gasteiger partial charge >= 0.3 is 5.97 Å². The number of aromatic nitrogens is 1. The number of amides is 1. The van der Waals surface area contributed by atoms with Gasteiger partial charge in [-0.1, -0.05) is 19.9 Å². The fourth-order valence-corrected chi connectivity index (χ4v) is 3.26. The molecule has 22 heavy (non-hydrogen) atoms. The molecule has 116 valence electrons. The molecule has 5 heteroatoms. The Morgan fingerprint density at radius 3 is 2.73 bits per heavy atom. The highest BCUT2D eigenvalue weighted by Gasteiger charge is 2.48. The minimum absolute atomic E-state index is 0.00585. The van der Waals surface area contributed by atoms with Crippen LogP contribution in [-0.4, -0.2) is 40.0 Å². The van der Waals surface area contributed by atoms with Gasteiger partial charge in [-0.3, -0.25) is 9.59 Å². The van der Waals surface area contributed by atoms with E-state index in [1.54, 1.807) is 11.0 Å². The van der Waals surface area contributed by atoms with Gasteiger partial charge in [0.1, 0.15) is 0 Å². The number of benzene rings is 1. The van der Waals surface area contributed by atoms with Crippen LogP contribution in [0.25, 0.3) is 10.9 Å². The molecule has 1 aliphatic heterocycles. The third-order valence-electron chi connectivity index (χ3n) is 4.92. The normalized spacial score (nSPS) is 21.7. The number of carbonyl (C=O) groups is 2. The van der Waals surface area contributed by atoms with E-state index in [1.807, 2.05) is 38.2 Å². The minimum atomic E-state index is -0.827. The van der Waals surface area contributed by atoms with Gasteiger partial charge in [-0.05, 0) is 35.9 Å². The zero-order chi connectivity index (χ0) is 15.9. The fourth-order valence-electron chi connectivity index (χ4n) is 3.26. The molecule has 1 saturated heterocycles. The SMILES string of the molecule is CC(C)C1(C(=O)O)CCN(C(=O)c2ccc3cc[nH]c3c2)C1. The van der Waals surface area contributed by atoms with Crippen molar-refractivity contribution < 1.29 is 14.7 Å². The standard InChI is InChI=1S/C17H20N2O3/c1-11(2)17(16(21)22)6-8-19(10-17)15(20)13-4-3-12-5-7-18-14(12)9-13/h3-5,7,9,11,18H,6,8,10H2,1-2H3,(H,21,22). The first-order chi connectivity index (χ1) is 10.4. The summed E-state index contributed by atoms with van der Waals surface area (Å²) < 4.78 is 0. The van der Waals surface area contributed by atoms with Crippen LogP contribution in [0.15, 0.2) is 30.5 Å². The van der Waals surface area contributed by atoms with Gasteiger partial charge in [0.2, 0.25) is 0 Å². The lowest BCUT2D eigenvalue weighted by atomic mass is 9.76. The smallest absolute Gasteiger partial charge is 0.311 e. The highest BCUT2D eigenvalue weighted by atomic mass is 16.4. The Morgan fingerprint density at radius 1 is 1.32 bits per heavy atom. The topological polar surface area (TPSA) is 73.4 Å². The van der Waals surface area contributed by atoms with Gasteiger partial charge in [0.15, 0.2) is 0 Å². The average Bonchev–Trinajstić information content (AvgIpc) is 3.13. The van der Waals surface area contributed by atoms with E-state index in [-0.39, 0.29) is 18.4 Å². The number of hydrogen-bond donors (Lipinski definition) is 2. The van der Waals surface area contributed by atoms with Crippen molar-refractivity contribution in [2.24, 2.45) is 11.3 Å². The molecule has 1 atom stereocenters. The Kier molecular flexibility index (Phi) is 3.43. The molecule has 1 aliphatic rings. The van der Waals surface area contributed by atoms with Gasteiger partial charge in [0.05, 0.1) is 5.41 Å².